The first-order valence-corrected chi connectivity index (χ1v) is 4.05. The molecule has 0 aliphatic carbocycles. The fourth-order valence-electron chi connectivity index (χ4n) is 1.18. The van der Waals surface area contributed by atoms with Crippen molar-refractivity contribution < 1.29 is 9.53 Å². The molecule has 1 rings (SSSR count). The normalized spacial score (nSPS) is 10.3. The number of hydrogen-bond acceptors (Lipinski definition) is 2. The van der Waals surface area contributed by atoms with Crippen LogP contribution in [0.2, 0.25) is 0 Å². The van der Waals surface area contributed by atoms with Gasteiger partial charge in [0, 0.05) is 0 Å². The second kappa shape index (κ2) is 4.45. The number of methoxy groups -OCH3 is 1. The molecule has 0 aliphatic rings. The van der Waals surface area contributed by atoms with Gasteiger partial charge in [0.25, 0.3) is 0 Å². The molecule has 0 N–H and O–H groups in total. The molecule has 0 aromatic heterocycles. The Morgan fingerprint density at radius 2 is 2.15 bits per heavy atom. The second-order valence-corrected chi connectivity index (χ2v) is 2.67. The minimum atomic E-state index is 0.763. The van der Waals surface area contributed by atoms with Gasteiger partial charge < -0.3 is 4.74 Å². The molecule has 0 heterocycles. The van der Waals surface area contributed by atoms with Crippen molar-refractivity contribution in [1.82, 2.24) is 0 Å². The summed E-state index contributed by atoms with van der Waals surface area (Å²) >= 11 is 0. The maximum atomic E-state index is 10.1. The first kappa shape index (κ1) is 9.52. The Balaban J connectivity index is 3.07. The number of aldehydes is 1. The number of hydrogen-bond donors (Lipinski definition) is 0. The smallest absolute Gasteiger partial charge is 0.142 e. The molecule has 0 saturated heterocycles. The third-order valence-corrected chi connectivity index (χ3v) is 1.90. The van der Waals surface area contributed by atoms with E-state index in [2.05, 4.69) is 0 Å². The van der Waals surface area contributed by atoms with Crippen LogP contribution in [0, 0.1) is 6.92 Å². The molecule has 0 fully saturated rings. The van der Waals surface area contributed by atoms with E-state index in [4.69, 9.17) is 4.74 Å². The summed E-state index contributed by atoms with van der Waals surface area (Å²) in [6.07, 6.45) is 4.01. The van der Waals surface area contributed by atoms with Gasteiger partial charge in [-0.3, -0.25) is 4.79 Å². The molecule has 0 amide bonds. The van der Waals surface area contributed by atoms with Crippen molar-refractivity contribution in [2.24, 2.45) is 0 Å². The zero-order chi connectivity index (χ0) is 9.68. The molecule has 1 aromatic carbocycles. The fourth-order valence-corrected chi connectivity index (χ4v) is 1.18. The lowest BCUT2D eigenvalue weighted by Crippen LogP contribution is -1.88. The molecule has 0 bridgehead atoms. The highest BCUT2D eigenvalue weighted by Gasteiger charge is 1.99. The monoisotopic (exact) mass is 176 g/mol. The first-order chi connectivity index (χ1) is 6.29. The largest absolute Gasteiger partial charge is 0.496 e. The van der Waals surface area contributed by atoms with Crippen molar-refractivity contribution in [3.63, 3.8) is 0 Å². The van der Waals surface area contributed by atoms with Crippen molar-refractivity contribution in [2.45, 2.75) is 6.92 Å². The molecule has 0 aliphatic heterocycles. The molecule has 0 saturated carbocycles. The molecule has 2 nitrogen and oxygen atoms in total. The SMILES string of the molecule is COc1cccc(/C=C/C=O)c1C. The van der Waals surface area contributed by atoms with E-state index in [9.17, 15) is 4.79 Å². The maximum absolute atomic E-state index is 10.1. The fraction of sp³-hybridized carbons (Fsp3) is 0.182. The van der Waals surface area contributed by atoms with Crippen LogP contribution in [0.4, 0.5) is 0 Å². The predicted octanol–water partition coefficient (Wildman–Crippen LogP) is 2.22. The van der Waals surface area contributed by atoms with Crippen LogP contribution in [-0.4, -0.2) is 13.4 Å². The average Bonchev–Trinajstić information content (AvgIpc) is 2.16. The van der Waals surface area contributed by atoms with Crippen LogP contribution < -0.4 is 4.74 Å². The summed E-state index contributed by atoms with van der Waals surface area (Å²) in [5, 5.41) is 0. The van der Waals surface area contributed by atoms with Crippen LogP contribution in [0.1, 0.15) is 11.1 Å². The molecule has 0 unspecified atom stereocenters. The highest BCUT2D eigenvalue weighted by atomic mass is 16.5. The van der Waals surface area contributed by atoms with E-state index in [0.29, 0.717) is 0 Å². The summed E-state index contributed by atoms with van der Waals surface area (Å²) < 4.78 is 5.14. The average molecular weight is 176 g/mol. The van der Waals surface area contributed by atoms with Crippen molar-refractivity contribution in [1.29, 1.82) is 0 Å². The lowest BCUT2D eigenvalue weighted by Gasteiger charge is -2.06. The minimum Gasteiger partial charge on any atom is -0.496 e. The van der Waals surface area contributed by atoms with E-state index in [1.807, 2.05) is 25.1 Å². The van der Waals surface area contributed by atoms with Gasteiger partial charge in [0.05, 0.1) is 7.11 Å². The highest BCUT2D eigenvalue weighted by Crippen LogP contribution is 2.21. The lowest BCUT2D eigenvalue weighted by atomic mass is 10.1. The molecule has 2 heteroatoms. The van der Waals surface area contributed by atoms with Gasteiger partial charge in [0.1, 0.15) is 12.0 Å². The Bertz CT molecular complexity index is 327. The van der Waals surface area contributed by atoms with Crippen LogP contribution in [0.5, 0.6) is 5.75 Å². The summed E-state index contributed by atoms with van der Waals surface area (Å²) in [6, 6.07) is 5.74. The van der Waals surface area contributed by atoms with E-state index < -0.39 is 0 Å². The van der Waals surface area contributed by atoms with E-state index >= 15 is 0 Å². The van der Waals surface area contributed by atoms with Crippen molar-refractivity contribution in [2.75, 3.05) is 7.11 Å². The molecule has 1 aromatic rings. The standard InChI is InChI=1S/C11H12O2/c1-9-10(6-4-8-12)5-3-7-11(9)13-2/h3-8H,1-2H3/b6-4+. The molecule has 13 heavy (non-hydrogen) atoms. The van der Waals surface area contributed by atoms with Gasteiger partial charge in [-0.15, -0.1) is 0 Å². The van der Waals surface area contributed by atoms with Crippen molar-refractivity contribution >= 4 is 12.4 Å². The van der Waals surface area contributed by atoms with E-state index in [0.717, 1.165) is 23.2 Å². The van der Waals surface area contributed by atoms with Gasteiger partial charge in [-0.05, 0) is 30.2 Å². The highest BCUT2D eigenvalue weighted by molar-refractivity contribution is 5.75. The van der Waals surface area contributed by atoms with Crippen molar-refractivity contribution in [3.8, 4) is 5.75 Å². The topological polar surface area (TPSA) is 26.3 Å². The number of allylic oxidation sites excluding steroid dienone is 1. The zero-order valence-corrected chi connectivity index (χ0v) is 7.78. The van der Waals surface area contributed by atoms with Gasteiger partial charge in [0.2, 0.25) is 0 Å². The summed E-state index contributed by atoms with van der Waals surface area (Å²) in [6.45, 7) is 1.96. The van der Waals surface area contributed by atoms with Crippen LogP contribution in [-0.2, 0) is 4.79 Å². The van der Waals surface area contributed by atoms with E-state index in [-0.39, 0.29) is 0 Å². The minimum absolute atomic E-state index is 0.763. The van der Waals surface area contributed by atoms with E-state index in [1.54, 1.807) is 13.2 Å². The lowest BCUT2D eigenvalue weighted by molar-refractivity contribution is -0.104. The Labute approximate surface area is 77.8 Å². The second-order valence-electron chi connectivity index (χ2n) is 2.67. The third kappa shape index (κ3) is 2.18. The molecular formula is C11H12O2. The Kier molecular flexibility index (Phi) is 3.26. The molecular weight excluding hydrogens is 164 g/mol. The van der Waals surface area contributed by atoms with Gasteiger partial charge in [-0.2, -0.15) is 0 Å². The van der Waals surface area contributed by atoms with Gasteiger partial charge >= 0.3 is 0 Å². The van der Waals surface area contributed by atoms with Crippen LogP contribution >= 0.6 is 0 Å². The molecule has 0 radical (unpaired) electrons. The summed E-state index contributed by atoms with van der Waals surface area (Å²) in [4.78, 5) is 10.1. The van der Waals surface area contributed by atoms with Crippen LogP contribution in [0.3, 0.4) is 0 Å². The third-order valence-electron chi connectivity index (χ3n) is 1.90. The maximum Gasteiger partial charge on any atom is 0.142 e. The number of ether oxygens (including phenoxy) is 1. The first-order valence-electron chi connectivity index (χ1n) is 4.05. The van der Waals surface area contributed by atoms with Crippen LogP contribution in [0.25, 0.3) is 6.08 Å². The molecule has 0 spiro atoms. The Morgan fingerprint density at radius 3 is 2.77 bits per heavy atom. The quantitative estimate of drug-likeness (QED) is 0.521. The number of rotatable bonds is 3. The van der Waals surface area contributed by atoms with Crippen molar-refractivity contribution in [3.05, 3.63) is 35.4 Å². The number of carbonyl (C=O) groups excluding carboxylic acids is 1. The van der Waals surface area contributed by atoms with E-state index in [1.165, 1.54) is 6.08 Å². The summed E-state index contributed by atoms with van der Waals surface area (Å²) in [5.74, 6) is 0.841. The van der Waals surface area contributed by atoms with Gasteiger partial charge in [-0.1, -0.05) is 18.2 Å². The Morgan fingerprint density at radius 1 is 1.38 bits per heavy atom. The zero-order valence-electron chi connectivity index (χ0n) is 7.78. The molecule has 0 atom stereocenters. The number of carbonyl (C=O) groups is 1. The van der Waals surface area contributed by atoms with Gasteiger partial charge in [-0.25, -0.2) is 0 Å². The van der Waals surface area contributed by atoms with Crippen LogP contribution in [0.15, 0.2) is 24.3 Å². The summed E-state index contributed by atoms with van der Waals surface area (Å²) in [5.41, 5.74) is 2.05. The van der Waals surface area contributed by atoms with Gasteiger partial charge in [0.15, 0.2) is 0 Å². The predicted molar refractivity (Wildman–Crippen MR) is 52.8 cm³/mol. The number of benzene rings is 1. The Hall–Kier alpha value is -1.57. The molecule has 68 valence electrons. The summed E-state index contributed by atoms with van der Waals surface area (Å²) in [7, 11) is 1.63.